The van der Waals surface area contributed by atoms with Crippen molar-refractivity contribution in [3.8, 4) is 0 Å². The van der Waals surface area contributed by atoms with Crippen LogP contribution in [-0.2, 0) is 0 Å². The Kier molecular flexibility index (Phi) is 4.08. The molecule has 0 amide bonds. The van der Waals surface area contributed by atoms with E-state index in [4.69, 9.17) is 0 Å². The van der Waals surface area contributed by atoms with Crippen molar-refractivity contribution in [1.29, 1.82) is 0 Å². The van der Waals surface area contributed by atoms with Gasteiger partial charge in [-0.1, -0.05) is 31.2 Å². The zero-order valence-corrected chi connectivity index (χ0v) is 12.8. The Morgan fingerprint density at radius 3 is 2.90 bits per heavy atom. The summed E-state index contributed by atoms with van der Waals surface area (Å²) in [6.45, 7) is 5.18. The van der Waals surface area contributed by atoms with E-state index in [-0.39, 0.29) is 0 Å². The van der Waals surface area contributed by atoms with Crippen LogP contribution >= 0.6 is 11.8 Å². The normalized spacial score (nSPS) is 18.8. The number of nitrogens with zero attached hydrogens (tertiary/aromatic N) is 1. The number of aryl methyl sites for hydroxylation is 1. The third-order valence-electron chi connectivity index (χ3n) is 3.86. The van der Waals surface area contributed by atoms with Crippen molar-refractivity contribution < 1.29 is 0 Å². The molecule has 2 aromatic rings. The fraction of sp³-hybridized carbons (Fsp3) is 0.353. The Balaban J connectivity index is 1.94. The summed E-state index contributed by atoms with van der Waals surface area (Å²) in [5, 5.41) is 3.65. The molecule has 104 valence electrons. The molecule has 2 atom stereocenters. The molecule has 1 aliphatic heterocycles. The number of rotatable bonds is 4. The van der Waals surface area contributed by atoms with E-state index in [2.05, 4.69) is 53.6 Å². The molecule has 3 rings (SSSR count). The number of likely N-dealkylation sites (N-methyl/N-ethyl adjacent to an activating group) is 1. The van der Waals surface area contributed by atoms with Gasteiger partial charge in [0.25, 0.3) is 0 Å². The second-order valence-electron chi connectivity index (χ2n) is 5.22. The van der Waals surface area contributed by atoms with E-state index in [0.717, 1.165) is 18.0 Å². The highest BCUT2D eigenvalue weighted by molar-refractivity contribution is 7.99. The van der Waals surface area contributed by atoms with E-state index < -0.39 is 0 Å². The summed E-state index contributed by atoms with van der Waals surface area (Å²) >= 11 is 1.97. The third kappa shape index (κ3) is 2.60. The van der Waals surface area contributed by atoms with Gasteiger partial charge in [-0.05, 0) is 36.7 Å². The molecule has 0 radical (unpaired) electrons. The zero-order chi connectivity index (χ0) is 13.9. The number of nitrogens with one attached hydrogen (secondary N) is 1. The van der Waals surface area contributed by atoms with Crippen molar-refractivity contribution in [2.75, 3.05) is 12.3 Å². The summed E-state index contributed by atoms with van der Waals surface area (Å²) in [4.78, 5) is 5.89. The number of pyridine rings is 1. The van der Waals surface area contributed by atoms with E-state index in [1.165, 1.54) is 16.0 Å². The molecule has 0 saturated carbocycles. The summed E-state index contributed by atoms with van der Waals surface area (Å²) in [5.74, 6) is 1.67. The van der Waals surface area contributed by atoms with Crippen LogP contribution in [-0.4, -0.2) is 17.3 Å². The van der Waals surface area contributed by atoms with Crippen molar-refractivity contribution in [1.82, 2.24) is 10.3 Å². The summed E-state index contributed by atoms with van der Waals surface area (Å²) < 4.78 is 0. The van der Waals surface area contributed by atoms with Crippen LogP contribution in [0.3, 0.4) is 0 Å². The Bertz CT molecular complexity index is 580. The maximum Gasteiger partial charge on any atom is 0.0413 e. The van der Waals surface area contributed by atoms with Crippen molar-refractivity contribution in [2.45, 2.75) is 30.7 Å². The van der Waals surface area contributed by atoms with Gasteiger partial charge in [-0.15, -0.1) is 11.8 Å². The molecule has 1 aromatic heterocycles. The van der Waals surface area contributed by atoms with E-state index >= 15 is 0 Å². The molecule has 2 unspecified atom stereocenters. The predicted molar refractivity (Wildman–Crippen MR) is 85.3 cm³/mol. The number of hydrogen-bond donors (Lipinski definition) is 1. The largest absolute Gasteiger partial charge is 0.310 e. The van der Waals surface area contributed by atoms with Crippen LogP contribution in [0, 0.1) is 6.92 Å². The lowest BCUT2D eigenvalue weighted by Crippen LogP contribution is -2.27. The third-order valence-corrected chi connectivity index (χ3v) is 5.07. The Morgan fingerprint density at radius 1 is 1.30 bits per heavy atom. The lowest BCUT2D eigenvalue weighted by Gasteiger charge is -2.25. The quantitative estimate of drug-likeness (QED) is 0.921. The van der Waals surface area contributed by atoms with Gasteiger partial charge in [0.2, 0.25) is 0 Å². The molecule has 0 spiro atoms. The lowest BCUT2D eigenvalue weighted by molar-refractivity contribution is 0.484. The molecule has 1 N–H and O–H groups in total. The number of aromatic nitrogens is 1. The van der Waals surface area contributed by atoms with Crippen LogP contribution in [0.15, 0.2) is 47.5 Å². The molecule has 1 aliphatic rings. The molecule has 2 nitrogen and oxygen atoms in total. The molecular formula is C17H20N2S. The van der Waals surface area contributed by atoms with Crippen LogP contribution in [0.2, 0.25) is 0 Å². The van der Waals surface area contributed by atoms with E-state index in [1.807, 2.05) is 24.9 Å². The standard InChI is InChI=1S/C17H20N2S/c1-3-18-17(13-9-8-12(2)19-10-13)15-11-20-16-7-5-4-6-14(15)16/h4-10,15,17-18H,3,11H2,1-2H3. The monoisotopic (exact) mass is 284 g/mol. The number of benzene rings is 1. The number of thioether (sulfide) groups is 1. The van der Waals surface area contributed by atoms with Gasteiger partial charge in [-0.25, -0.2) is 0 Å². The first-order chi connectivity index (χ1) is 9.79. The van der Waals surface area contributed by atoms with Crippen molar-refractivity contribution >= 4 is 11.8 Å². The summed E-state index contributed by atoms with van der Waals surface area (Å²) in [5.41, 5.74) is 3.84. The van der Waals surface area contributed by atoms with Gasteiger partial charge < -0.3 is 5.32 Å². The molecular weight excluding hydrogens is 264 g/mol. The maximum atomic E-state index is 4.46. The Hall–Kier alpha value is -1.32. The Labute approximate surface area is 125 Å². The summed E-state index contributed by atoms with van der Waals surface area (Å²) in [6, 6.07) is 13.4. The maximum absolute atomic E-state index is 4.46. The van der Waals surface area contributed by atoms with Crippen molar-refractivity contribution in [3.63, 3.8) is 0 Å². The van der Waals surface area contributed by atoms with Crippen LogP contribution in [0.4, 0.5) is 0 Å². The molecule has 0 fully saturated rings. The van der Waals surface area contributed by atoms with Crippen LogP contribution in [0.25, 0.3) is 0 Å². The zero-order valence-electron chi connectivity index (χ0n) is 12.0. The van der Waals surface area contributed by atoms with Gasteiger partial charge in [0.05, 0.1) is 0 Å². The minimum atomic E-state index is 0.351. The average Bonchev–Trinajstić information content (AvgIpc) is 2.90. The fourth-order valence-corrected chi connectivity index (χ4v) is 4.13. The van der Waals surface area contributed by atoms with Crippen molar-refractivity contribution in [2.24, 2.45) is 0 Å². The first-order valence-electron chi connectivity index (χ1n) is 7.17. The topological polar surface area (TPSA) is 24.9 Å². The average molecular weight is 284 g/mol. The van der Waals surface area contributed by atoms with E-state index in [1.54, 1.807) is 0 Å². The number of hydrogen-bond acceptors (Lipinski definition) is 3. The van der Waals surface area contributed by atoms with Gasteiger partial charge in [-0.2, -0.15) is 0 Å². The second kappa shape index (κ2) is 5.98. The number of fused-ring (bicyclic) bond motifs is 1. The Morgan fingerprint density at radius 2 is 2.15 bits per heavy atom. The summed E-state index contributed by atoms with van der Waals surface area (Å²) in [7, 11) is 0. The van der Waals surface area contributed by atoms with Crippen molar-refractivity contribution in [3.05, 3.63) is 59.4 Å². The first-order valence-corrected chi connectivity index (χ1v) is 8.16. The lowest BCUT2D eigenvalue weighted by atomic mass is 9.89. The second-order valence-corrected chi connectivity index (χ2v) is 6.29. The molecule has 0 aliphatic carbocycles. The van der Waals surface area contributed by atoms with Gasteiger partial charge >= 0.3 is 0 Å². The molecule has 2 heterocycles. The van der Waals surface area contributed by atoms with Gasteiger partial charge in [0.1, 0.15) is 0 Å². The SMILES string of the molecule is CCNC(c1ccc(C)nc1)C1CSc2ccccc21. The predicted octanol–water partition coefficient (Wildman–Crippen LogP) is 3.93. The van der Waals surface area contributed by atoms with Gasteiger partial charge in [0, 0.05) is 34.5 Å². The minimum absolute atomic E-state index is 0.351. The van der Waals surface area contributed by atoms with Crippen LogP contribution < -0.4 is 5.32 Å². The smallest absolute Gasteiger partial charge is 0.0413 e. The molecule has 3 heteroatoms. The van der Waals surface area contributed by atoms with E-state index in [9.17, 15) is 0 Å². The van der Waals surface area contributed by atoms with Crippen LogP contribution in [0.1, 0.15) is 35.7 Å². The summed E-state index contributed by atoms with van der Waals surface area (Å²) in [6.07, 6.45) is 2.02. The van der Waals surface area contributed by atoms with E-state index in [0.29, 0.717) is 12.0 Å². The van der Waals surface area contributed by atoms with Crippen LogP contribution in [0.5, 0.6) is 0 Å². The van der Waals surface area contributed by atoms with Gasteiger partial charge in [-0.3, -0.25) is 4.98 Å². The highest BCUT2D eigenvalue weighted by Gasteiger charge is 2.30. The highest BCUT2D eigenvalue weighted by Crippen LogP contribution is 2.45. The minimum Gasteiger partial charge on any atom is -0.310 e. The fourth-order valence-electron chi connectivity index (χ4n) is 2.84. The molecule has 0 saturated heterocycles. The van der Waals surface area contributed by atoms with Gasteiger partial charge in [0.15, 0.2) is 0 Å². The molecule has 1 aromatic carbocycles. The molecule has 0 bridgehead atoms. The molecule has 20 heavy (non-hydrogen) atoms. The first kappa shape index (κ1) is 13.7. The highest BCUT2D eigenvalue weighted by atomic mass is 32.2.